The van der Waals surface area contributed by atoms with E-state index in [4.69, 9.17) is 0 Å². The number of benzene rings is 1. The van der Waals surface area contributed by atoms with Crippen molar-refractivity contribution in [3.8, 4) is 0 Å². The minimum Gasteiger partial charge on any atom is -0.356 e. The first kappa shape index (κ1) is 16.0. The molecular weight excluding hydrogens is 354 g/mol. The fourth-order valence-electron chi connectivity index (χ4n) is 2.89. The number of rotatable bonds is 4. The van der Waals surface area contributed by atoms with E-state index in [9.17, 15) is 4.79 Å². The minimum atomic E-state index is -0.0764. The van der Waals surface area contributed by atoms with Crippen molar-refractivity contribution in [2.24, 2.45) is 0 Å². The maximum atomic E-state index is 12.7. The number of aromatic nitrogens is 1. The van der Waals surface area contributed by atoms with Gasteiger partial charge >= 0.3 is 0 Å². The highest BCUT2D eigenvalue weighted by Gasteiger charge is 2.21. The van der Waals surface area contributed by atoms with Gasteiger partial charge in [-0.2, -0.15) is 0 Å². The van der Waals surface area contributed by atoms with Crippen LogP contribution in [-0.4, -0.2) is 24.0 Å². The first-order valence-electron chi connectivity index (χ1n) is 7.91. The zero-order valence-corrected chi connectivity index (χ0v) is 14.7. The van der Waals surface area contributed by atoms with Gasteiger partial charge in [-0.1, -0.05) is 28.1 Å². The lowest BCUT2D eigenvalue weighted by Gasteiger charge is -2.21. The lowest BCUT2D eigenvalue weighted by molar-refractivity contribution is 0.0940. The summed E-state index contributed by atoms with van der Waals surface area (Å²) in [7, 11) is 0. The number of hydrogen-bond donors (Lipinski definition) is 1. The van der Waals surface area contributed by atoms with Crippen molar-refractivity contribution < 1.29 is 4.79 Å². The number of hydrogen-bond acceptors (Lipinski definition) is 3. The molecule has 0 spiro atoms. The SMILES string of the molecule is C[C@@H](NC(=O)c1cccnc1N1CCCC1)c1cccc(Br)c1. The van der Waals surface area contributed by atoms with Crippen LogP contribution >= 0.6 is 15.9 Å². The third-order valence-electron chi connectivity index (χ3n) is 4.13. The number of amides is 1. The van der Waals surface area contributed by atoms with E-state index in [0.717, 1.165) is 41.8 Å². The number of pyridine rings is 1. The van der Waals surface area contributed by atoms with Gasteiger partial charge in [-0.15, -0.1) is 0 Å². The molecular formula is C18H20BrN3O. The molecule has 5 heteroatoms. The highest BCUT2D eigenvalue weighted by Crippen LogP contribution is 2.23. The van der Waals surface area contributed by atoms with Gasteiger partial charge < -0.3 is 10.2 Å². The quantitative estimate of drug-likeness (QED) is 0.882. The Bertz CT molecular complexity index is 698. The molecule has 0 unspecified atom stereocenters. The van der Waals surface area contributed by atoms with E-state index in [0.29, 0.717) is 5.56 Å². The van der Waals surface area contributed by atoms with Crippen molar-refractivity contribution in [3.05, 3.63) is 58.2 Å². The first-order valence-corrected chi connectivity index (χ1v) is 8.71. The van der Waals surface area contributed by atoms with Crippen molar-refractivity contribution in [3.63, 3.8) is 0 Å². The molecule has 0 saturated carbocycles. The Morgan fingerprint density at radius 2 is 2.04 bits per heavy atom. The number of nitrogens with zero attached hydrogens (tertiary/aromatic N) is 2. The third kappa shape index (κ3) is 3.72. The smallest absolute Gasteiger partial charge is 0.255 e. The average Bonchev–Trinajstić information content (AvgIpc) is 3.09. The van der Waals surface area contributed by atoms with E-state index >= 15 is 0 Å². The summed E-state index contributed by atoms with van der Waals surface area (Å²) in [6, 6.07) is 11.6. The van der Waals surface area contributed by atoms with Crippen molar-refractivity contribution >= 4 is 27.7 Å². The molecule has 23 heavy (non-hydrogen) atoms. The van der Waals surface area contributed by atoms with Gasteiger partial charge in [-0.25, -0.2) is 4.98 Å². The minimum absolute atomic E-state index is 0.0633. The van der Waals surface area contributed by atoms with E-state index in [1.165, 1.54) is 0 Å². The monoisotopic (exact) mass is 373 g/mol. The van der Waals surface area contributed by atoms with Gasteiger partial charge in [0.1, 0.15) is 5.82 Å². The van der Waals surface area contributed by atoms with Gasteiger partial charge in [0, 0.05) is 23.8 Å². The molecule has 1 aliphatic heterocycles. The van der Waals surface area contributed by atoms with E-state index in [-0.39, 0.29) is 11.9 Å². The number of carbonyl (C=O) groups is 1. The molecule has 2 aromatic rings. The number of halogens is 1. The van der Waals surface area contributed by atoms with Gasteiger partial charge in [0.25, 0.3) is 5.91 Å². The Balaban J connectivity index is 1.78. The average molecular weight is 374 g/mol. The second kappa shape index (κ2) is 7.13. The first-order chi connectivity index (χ1) is 11.1. The standard InChI is InChI=1S/C18H20BrN3O/c1-13(14-6-4-7-15(19)12-14)21-18(23)16-8-5-9-20-17(16)22-10-2-3-11-22/h4-9,12-13H,2-3,10-11H2,1H3,(H,21,23)/t13-/m1/s1. The predicted molar refractivity (Wildman–Crippen MR) is 95.7 cm³/mol. The van der Waals surface area contributed by atoms with Crippen molar-refractivity contribution in [2.45, 2.75) is 25.8 Å². The van der Waals surface area contributed by atoms with Gasteiger partial charge in [-0.3, -0.25) is 4.79 Å². The summed E-state index contributed by atoms with van der Waals surface area (Å²) in [5.74, 6) is 0.719. The van der Waals surface area contributed by atoms with Crippen molar-refractivity contribution in [1.82, 2.24) is 10.3 Å². The second-order valence-corrected chi connectivity index (χ2v) is 6.73. The topological polar surface area (TPSA) is 45.2 Å². The third-order valence-corrected chi connectivity index (χ3v) is 4.63. The van der Waals surface area contributed by atoms with Gasteiger partial charge in [0.15, 0.2) is 0 Å². The van der Waals surface area contributed by atoms with E-state index in [1.807, 2.05) is 43.3 Å². The van der Waals surface area contributed by atoms with Crippen LogP contribution in [0.5, 0.6) is 0 Å². The Hall–Kier alpha value is -1.88. The van der Waals surface area contributed by atoms with Crippen LogP contribution in [0.15, 0.2) is 47.1 Å². The summed E-state index contributed by atoms with van der Waals surface area (Å²) in [5, 5.41) is 3.08. The van der Waals surface area contributed by atoms with E-state index in [2.05, 4.69) is 31.1 Å². The molecule has 0 aliphatic carbocycles. The van der Waals surface area contributed by atoms with Gasteiger partial charge in [0.2, 0.25) is 0 Å². The predicted octanol–water partition coefficient (Wildman–Crippen LogP) is 3.94. The molecule has 3 rings (SSSR count). The van der Waals surface area contributed by atoms with Gasteiger partial charge in [-0.05, 0) is 49.6 Å². The second-order valence-electron chi connectivity index (χ2n) is 5.82. The van der Waals surface area contributed by atoms with Crippen LogP contribution in [0.2, 0.25) is 0 Å². The Kier molecular flexibility index (Phi) is 4.96. The van der Waals surface area contributed by atoms with Crippen LogP contribution in [0, 0.1) is 0 Å². The van der Waals surface area contributed by atoms with Crippen LogP contribution in [0.1, 0.15) is 41.7 Å². The zero-order chi connectivity index (χ0) is 16.2. The summed E-state index contributed by atoms with van der Waals surface area (Å²) in [4.78, 5) is 19.3. The van der Waals surface area contributed by atoms with Crippen LogP contribution in [0.4, 0.5) is 5.82 Å². The zero-order valence-electron chi connectivity index (χ0n) is 13.1. The number of anilines is 1. The molecule has 1 aromatic carbocycles. The fraction of sp³-hybridized carbons (Fsp3) is 0.333. The Morgan fingerprint density at radius 3 is 2.78 bits per heavy atom. The summed E-state index contributed by atoms with van der Waals surface area (Å²) >= 11 is 3.47. The molecule has 1 fully saturated rings. The molecule has 1 N–H and O–H groups in total. The molecule has 2 heterocycles. The molecule has 1 atom stereocenters. The molecule has 4 nitrogen and oxygen atoms in total. The van der Waals surface area contributed by atoms with Gasteiger partial charge in [0.05, 0.1) is 11.6 Å². The van der Waals surface area contributed by atoms with Crippen LogP contribution in [0.25, 0.3) is 0 Å². The van der Waals surface area contributed by atoms with Crippen molar-refractivity contribution in [1.29, 1.82) is 0 Å². The van der Waals surface area contributed by atoms with Crippen LogP contribution < -0.4 is 10.2 Å². The number of nitrogens with one attached hydrogen (secondary N) is 1. The normalized spacial score (nSPS) is 15.5. The Morgan fingerprint density at radius 1 is 1.26 bits per heavy atom. The van der Waals surface area contributed by atoms with Crippen LogP contribution in [-0.2, 0) is 0 Å². The highest BCUT2D eigenvalue weighted by molar-refractivity contribution is 9.10. The maximum Gasteiger partial charge on any atom is 0.255 e. The fourth-order valence-corrected chi connectivity index (χ4v) is 3.31. The van der Waals surface area contributed by atoms with Crippen molar-refractivity contribution in [2.75, 3.05) is 18.0 Å². The lowest BCUT2D eigenvalue weighted by atomic mass is 10.1. The van der Waals surface area contributed by atoms with Crippen LogP contribution in [0.3, 0.4) is 0 Å². The summed E-state index contributed by atoms with van der Waals surface area (Å²) in [6.07, 6.45) is 4.07. The lowest BCUT2D eigenvalue weighted by Crippen LogP contribution is -2.30. The highest BCUT2D eigenvalue weighted by atomic mass is 79.9. The number of carbonyl (C=O) groups excluding carboxylic acids is 1. The van der Waals surface area contributed by atoms with E-state index in [1.54, 1.807) is 6.20 Å². The van der Waals surface area contributed by atoms with E-state index < -0.39 is 0 Å². The summed E-state index contributed by atoms with van der Waals surface area (Å²) < 4.78 is 1.01. The Labute approximate surface area is 145 Å². The molecule has 1 amide bonds. The molecule has 0 bridgehead atoms. The summed E-state index contributed by atoms with van der Waals surface area (Å²) in [6.45, 7) is 3.93. The molecule has 1 saturated heterocycles. The molecule has 0 radical (unpaired) electrons. The molecule has 1 aromatic heterocycles. The molecule has 1 aliphatic rings. The molecule has 120 valence electrons. The maximum absolute atomic E-state index is 12.7. The largest absolute Gasteiger partial charge is 0.356 e. The summed E-state index contributed by atoms with van der Waals surface area (Å²) in [5.41, 5.74) is 1.72.